The smallest absolute Gasteiger partial charge is 0.337 e. The van der Waals surface area contributed by atoms with Crippen LogP contribution in [-0.4, -0.2) is 38.5 Å². The van der Waals surface area contributed by atoms with Crippen LogP contribution < -0.4 is 0 Å². The molecule has 0 aliphatic heterocycles. The van der Waals surface area contributed by atoms with Crippen LogP contribution in [0.25, 0.3) is 0 Å². The van der Waals surface area contributed by atoms with Gasteiger partial charge >= 0.3 is 5.97 Å². The minimum absolute atomic E-state index is 0.229. The van der Waals surface area contributed by atoms with E-state index in [1.165, 1.54) is 199 Å². The van der Waals surface area contributed by atoms with E-state index in [2.05, 4.69) is 20.8 Å². The van der Waals surface area contributed by atoms with Crippen LogP contribution in [0.5, 0.6) is 0 Å². The molecule has 0 heterocycles. The number of hydrogen-bond acceptors (Lipinski definition) is 4. The van der Waals surface area contributed by atoms with Crippen LogP contribution in [0, 0.1) is 0 Å². The summed E-state index contributed by atoms with van der Waals surface area (Å²) in [6, 6.07) is 0. The standard InChI is InChI=1S/C44H88O4/c1-4-7-10-13-16-18-20-22-24-26-28-31-33-36-39-46-42-43(44(45)48-41-38-35-30-15-12-9-6-3)47-40-37-34-32-29-27-25-23-21-19-17-14-11-8-5-2/h43H,4-42H2,1-3H3. The fourth-order valence-corrected chi connectivity index (χ4v) is 6.62. The fourth-order valence-electron chi connectivity index (χ4n) is 6.62. The van der Waals surface area contributed by atoms with E-state index >= 15 is 0 Å². The van der Waals surface area contributed by atoms with Crippen molar-refractivity contribution in [3.8, 4) is 0 Å². The Morgan fingerprint density at radius 2 is 0.625 bits per heavy atom. The zero-order valence-electron chi connectivity index (χ0n) is 33.3. The van der Waals surface area contributed by atoms with E-state index in [4.69, 9.17) is 14.2 Å². The summed E-state index contributed by atoms with van der Waals surface area (Å²) in [4.78, 5) is 12.9. The Labute approximate surface area is 302 Å². The van der Waals surface area contributed by atoms with Crippen LogP contribution in [-0.2, 0) is 19.0 Å². The molecule has 4 heteroatoms. The summed E-state index contributed by atoms with van der Waals surface area (Å²) in [6.45, 7) is 8.99. The Balaban J connectivity index is 3.98. The molecular weight excluding hydrogens is 592 g/mol. The molecule has 4 nitrogen and oxygen atoms in total. The van der Waals surface area contributed by atoms with Crippen molar-refractivity contribution in [1.29, 1.82) is 0 Å². The first kappa shape index (κ1) is 47.4. The summed E-state index contributed by atoms with van der Waals surface area (Å²) >= 11 is 0. The van der Waals surface area contributed by atoms with Gasteiger partial charge in [0, 0.05) is 13.2 Å². The highest BCUT2D eigenvalue weighted by Gasteiger charge is 2.21. The maximum atomic E-state index is 12.9. The first-order valence-electron chi connectivity index (χ1n) is 22.1. The molecule has 0 fully saturated rings. The van der Waals surface area contributed by atoms with Crippen LogP contribution in [0.15, 0.2) is 0 Å². The summed E-state index contributed by atoms with van der Waals surface area (Å²) in [5, 5.41) is 0. The zero-order valence-corrected chi connectivity index (χ0v) is 33.3. The van der Waals surface area contributed by atoms with Gasteiger partial charge in [0.25, 0.3) is 0 Å². The first-order chi connectivity index (χ1) is 23.8. The van der Waals surface area contributed by atoms with Gasteiger partial charge in [0.2, 0.25) is 0 Å². The van der Waals surface area contributed by atoms with Gasteiger partial charge in [-0.15, -0.1) is 0 Å². The summed E-state index contributed by atoms with van der Waals surface area (Å²) in [6.07, 6.45) is 45.7. The highest BCUT2D eigenvalue weighted by atomic mass is 16.6. The third kappa shape index (κ3) is 38.2. The van der Waals surface area contributed by atoms with Crippen LogP contribution in [0.1, 0.15) is 245 Å². The van der Waals surface area contributed by atoms with Gasteiger partial charge in [-0.1, -0.05) is 226 Å². The number of esters is 1. The lowest BCUT2D eigenvalue weighted by Gasteiger charge is -2.17. The van der Waals surface area contributed by atoms with Gasteiger partial charge < -0.3 is 14.2 Å². The second-order valence-corrected chi connectivity index (χ2v) is 14.9. The van der Waals surface area contributed by atoms with E-state index in [-0.39, 0.29) is 5.97 Å². The van der Waals surface area contributed by atoms with Crippen molar-refractivity contribution >= 4 is 5.97 Å². The summed E-state index contributed by atoms with van der Waals surface area (Å²) in [7, 11) is 0. The van der Waals surface area contributed by atoms with Crippen LogP contribution >= 0.6 is 0 Å². The summed E-state index contributed by atoms with van der Waals surface area (Å²) < 4.78 is 17.7. The van der Waals surface area contributed by atoms with Crippen LogP contribution in [0.2, 0.25) is 0 Å². The van der Waals surface area contributed by atoms with Crippen molar-refractivity contribution in [2.75, 3.05) is 26.4 Å². The van der Waals surface area contributed by atoms with Crippen molar-refractivity contribution in [2.45, 2.75) is 252 Å². The molecule has 0 saturated carbocycles. The molecule has 0 amide bonds. The topological polar surface area (TPSA) is 44.8 Å². The quantitative estimate of drug-likeness (QED) is 0.0475. The molecule has 48 heavy (non-hydrogen) atoms. The van der Waals surface area contributed by atoms with Gasteiger partial charge in [-0.25, -0.2) is 4.79 Å². The molecule has 0 aliphatic rings. The first-order valence-corrected chi connectivity index (χ1v) is 22.1. The third-order valence-electron chi connectivity index (χ3n) is 9.98. The van der Waals surface area contributed by atoms with Crippen molar-refractivity contribution in [2.24, 2.45) is 0 Å². The van der Waals surface area contributed by atoms with Crippen molar-refractivity contribution in [3.63, 3.8) is 0 Å². The zero-order chi connectivity index (χ0) is 34.9. The Morgan fingerprint density at radius 1 is 0.354 bits per heavy atom. The summed E-state index contributed by atoms with van der Waals surface area (Å²) in [5.74, 6) is -0.229. The summed E-state index contributed by atoms with van der Waals surface area (Å²) in [5.41, 5.74) is 0. The van der Waals surface area contributed by atoms with E-state index in [0.29, 0.717) is 26.4 Å². The van der Waals surface area contributed by atoms with Gasteiger partial charge in [0.1, 0.15) is 0 Å². The maximum absolute atomic E-state index is 12.9. The Morgan fingerprint density at radius 3 is 0.958 bits per heavy atom. The second kappa shape index (κ2) is 42.6. The van der Waals surface area contributed by atoms with E-state index in [0.717, 1.165) is 25.7 Å². The molecule has 0 radical (unpaired) electrons. The van der Waals surface area contributed by atoms with Gasteiger partial charge in [0.05, 0.1) is 13.2 Å². The van der Waals surface area contributed by atoms with Crippen molar-refractivity contribution in [3.05, 3.63) is 0 Å². The van der Waals surface area contributed by atoms with E-state index in [9.17, 15) is 4.79 Å². The molecule has 288 valence electrons. The molecular formula is C44H88O4. The lowest BCUT2D eigenvalue weighted by Crippen LogP contribution is -2.32. The second-order valence-electron chi connectivity index (χ2n) is 14.9. The highest BCUT2D eigenvalue weighted by molar-refractivity contribution is 5.74. The molecule has 1 atom stereocenters. The van der Waals surface area contributed by atoms with Crippen LogP contribution in [0.4, 0.5) is 0 Å². The Kier molecular flexibility index (Phi) is 42.0. The molecule has 0 aromatic heterocycles. The molecule has 1 unspecified atom stereocenters. The monoisotopic (exact) mass is 681 g/mol. The average Bonchev–Trinajstić information content (AvgIpc) is 3.09. The van der Waals surface area contributed by atoms with E-state index in [1.54, 1.807) is 0 Å². The highest BCUT2D eigenvalue weighted by Crippen LogP contribution is 2.15. The fraction of sp³-hybridized carbons (Fsp3) is 0.977. The number of carbonyl (C=O) groups is 1. The van der Waals surface area contributed by atoms with Crippen molar-refractivity contribution in [1.82, 2.24) is 0 Å². The maximum Gasteiger partial charge on any atom is 0.337 e. The van der Waals surface area contributed by atoms with Gasteiger partial charge in [0.15, 0.2) is 6.10 Å². The number of ether oxygens (including phenoxy) is 3. The van der Waals surface area contributed by atoms with Gasteiger partial charge in [-0.05, 0) is 19.3 Å². The minimum Gasteiger partial charge on any atom is -0.464 e. The minimum atomic E-state index is -0.580. The van der Waals surface area contributed by atoms with E-state index in [1.807, 2.05) is 0 Å². The largest absolute Gasteiger partial charge is 0.464 e. The van der Waals surface area contributed by atoms with E-state index < -0.39 is 6.10 Å². The molecule has 0 N–H and O–H groups in total. The number of carbonyl (C=O) groups excluding carboxylic acids is 1. The van der Waals surface area contributed by atoms with Crippen molar-refractivity contribution < 1.29 is 19.0 Å². The Hall–Kier alpha value is -0.610. The normalized spacial score (nSPS) is 12.1. The predicted molar refractivity (Wildman–Crippen MR) is 210 cm³/mol. The molecule has 0 saturated heterocycles. The average molecular weight is 681 g/mol. The van der Waals surface area contributed by atoms with Crippen LogP contribution in [0.3, 0.4) is 0 Å². The molecule has 0 aromatic rings. The Bertz CT molecular complexity index is 594. The molecule has 0 aromatic carbocycles. The molecule has 0 spiro atoms. The third-order valence-corrected chi connectivity index (χ3v) is 9.98. The lowest BCUT2D eigenvalue weighted by molar-refractivity contribution is -0.161. The predicted octanol–water partition coefficient (Wildman–Crippen LogP) is 14.6. The van der Waals surface area contributed by atoms with Gasteiger partial charge in [-0.2, -0.15) is 0 Å². The molecule has 0 aliphatic carbocycles. The number of unbranched alkanes of at least 4 members (excludes halogenated alkanes) is 32. The lowest BCUT2D eigenvalue weighted by atomic mass is 10.0. The SMILES string of the molecule is CCCCCCCCCCCCCCCCOCC(OCCCCCCCCCCCCCCCC)C(=O)OCCCCCCCCC. The number of hydrogen-bond donors (Lipinski definition) is 0. The molecule has 0 bridgehead atoms. The van der Waals surface area contributed by atoms with Gasteiger partial charge in [-0.3, -0.25) is 0 Å². The molecule has 0 rings (SSSR count). The number of rotatable bonds is 42.